The number of nitriles is 1. The first kappa shape index (κ1) is 11.6. The van der Waals surface area contributed by atoms with Gasteiger partial charge in [0.05, 0.1) is 11.3 Å². The molecule has 0 atom stereocenters. The Bertz CT molecular complexity index is 310. The molecule has 1 heterocycles. The monoisotopic (exact) mass is 188 g/mol. The van der Waals surface area contributed by atoms with E-state index in [1.165, 1.54) is 0 Å². The number of nitrogens with zero attached hydrogens (tertiary/aromatic N) is 3. The van der Waals surface area contributed by atoms with Crippen LogP contribution in [0.5, 0.6) is 0 Å². The molecule has 0 saturated carbocycles. The van der Waals surface area contributed by atoms with Crippen molar-refractivity contribution in [2.75, 3.05) is 5.73 Å². The number of hydrogen-bond donors (Lipinski definition) is 1. The second-order valence-corrected chi connectivity index (χ2v) is 2.35. The molecule has 6 heteroatoms. The van der Waals surface area contributed by atoms with E-state index in [4.69, 9.17) is 23.6 Å². The van der Waals surface area contributed by atoms with Gasteiger partial charge in [-0.15, -0.1) is 0 Å². The third-order valence-corrected chi connectivity index (χ3v) is 1.48. The number of hydrogen-bond acceptors (Lipinski definition) is 5. The fourth-order valence-corrected chi connectivity index (χ4v) is 0.983. The largest absolute Gasteiger partial charge is 1.00 e. The number of nitrogens with two attached hydrogens (primary N) is 1. The van der Waals surface area contributed by atoms with Crippen LogP contribution >= 0.6 is 0 Å². The van der Waals surface area contributed by atoms with Crippen molar-refractivity contribution in [2.24, 2.45) is 0 Å². The smallest absolute Gasteiger partial charge is 0.759 e. The van der Waals surface area contributed by atoms with Crippen molar-refractivity contribution in [3.8, 4) is 6.07 Å². The van der Waals surface area contributed by atoms with Crippen LogP contribution in [-0.4, -0.2) is 9.97 Å². The van der Waals surface area contributed by atoms with Crippen molar-refractivity contribution >= 4 is 18.6 Å². The Morgan fingerprint density at radius 1 is 1.50 bits per heavy atom. The van der Waals surface area contributed by atoms with Gasteiger partial charge in [0.1, 0.15) is 6.07 Å². The van der Waals surface area contributed by atoms with Crippen molar-refractivity contribution in [3.05, 3.63) is 11.3 Å². The van der Waals surface area contributed by atoms with E-state index < -0.39 is 0 Å². The molecule has 0 aliphatic carbocycles. The van der Waals surface area contributed by atoms with Crippen molar-refractivity contribution in [3.63, 3.8) is 0 Å². The summed E-state index contributed by atoms with van der Waals surface area (Å²) in [5.74, 6) is 0.117. The fourth-order valence-electron chi connectivity index (χ4n) is 0.696. The van der Waals surface area contributed by atoms with E-state index >= 15 is 0 Å². The first-order valence-electron chi connectivity index (χ1n) is 2.86. The third kappa shape index (κ3) is 2.29. The summed E-state index contributed by atoms with van der Waals surface area (Å²) in [6.45, 7) is 1.67. The van der Waals surface area contributed by atoms with Crippen LogP contribution in [0.15, 0.2) is 5.03 Å². The molecule has 0 bridgehead atoms. The van der Waals surface area contributed by atoms with Crippen LogP contribution in [0, 0.1) is 18.3 Å². The number of rotatable bonds is 0. The van der Waals surface area contributed by atoms with Gasteiger partial charge in [0.15, 0.2) is 0 Å². The van der Waals surface area contributed by atoms with E-state index in [0.29, 0.717) is 11.3 Å². The number of anilines is 1. The minimum atomic E-state index is 0. The molecule has 1 rings (SSSR count). The molecule has 0 aromatic carbocycles. The standard InChI is InChI=1S/C6H6N4S.Na/c1-3-4(2-7)5(11)10-6(8)9-3;/h1H3,(H3,8,9,10,11);/q;+1/p-1. The molecule has 0 fully saturated rings. The van der Waals surface area contributed by atoms with Crippen molar-refractivity contribution in [2.45, 2.75) is 11.9 Å². The average molecular weight is 188 g/mol. The molecule has 1 aromatic heterocycles. The normalized spacial score (nSPS) is 8.33. The molecule has 56 valence electrons. The van der Waals surface area contributed by atoms with Gasteiger partial charge in [-0.25, -0.2) is 9.97 Å². The van der Waals surface area contributed by atoms with E-state index in [1.54, 1.807) is 6.92 Å². The Kier molecular flexibility index (Phi) is 4.42. The van der Waals surface area contributed by atoms with Crippen LogP contribution in [0.25, 0.3) is 0 Å². The summed E-state index contributed by atoms with van der Waals surface area (Å²) in [6, 6.07) is 1.91. The molecule has 0 aliphatic heterocycles. The summed E-state index contributed by atoms with van der Waals surface area (Å²) in [6.07, 6.45) is 0. The molecule has 12 heavy (non-hydrogen) atoms. The zero-order chi connectivity index (χ0) is 8.43. The van der Waals surface area contributed by atoms with Crippen LogP contribution in [0.2, 0.25) is 0 Å². The molecule has 0 spiro atoms. The Morgan fingerprint density at radius 3 is 2.50 bits per heavy atom. The van der Waals surface area contributed by atoms with Gasteiger partial charge in [0.25, 0.3) is 0 Å². The zero-order valence-electron chi connectivity index (χ0n) is 6.83. The van der Waals surface area contributed by atoms with E-state index in [-0.39, 0.29) is 40.5 Å². The molecule has 2 N–H and O–H groups in total. The van der Waals surface area contributed by atoms with E-state index in [2.05, 4.69) is 9.97 Å². The van der Waals surface area contributed by atoms with Gasteiger partial charge in [0.2, 0.25) is 5.95 Å². The molecule has 4 nitrogen and oxygen atoms in total. The summed E-state index contributed by atoms with van der Waals surface area (Å²) in [5.41, 5.74) is 6.15. The quantitative estimate of drug-likeness (QED) is 0.269. The summed E-state index contributed by atoms with van der Waals surface area (Å²) < 4.78 is 0. The maximum Gasteiger partial charge on any atom is 1.00 e. The molecular weight excluding hydrogens is 183 g/mol. The predicted molar refractivity (Wildman–Crippen MR) is 41.5 cm³/mol. The number of nitrogen functional groups attached to an aromatic ring is 1. The van der Waals surface area contributed by atoms with Crippen LogP contribution in [0.1, 0.15) is 11.3 Å². The second kappa shape index (κ2) is 4.58. The molecule has 0 saturated heterocycles. The van der Waals surface area contributed by atoms with Gasteiger partial charge in [-0.1, -0.05) is 5.03 Å². The number of aromatic nitrogens is 2. The van der Waals surface area contributed by atoms with Crippen molar-refractivity contribution < 1.29 is 29.6 Å². The van der Waals surface area contributed by atoms with Crippen LogP contribution in [0.4, 0.5) is 5.95 Å². The topological polar surface area (TPSA) is 75.6 Å². The van der Waals surface area contributed by atoms with Crippen LogP contribution in [-0.2, 0) is 12.6 Å². The predicted octanol–water partition coefficient (Wildman–Crippen LogP) is -2.85. The summed E-state index contributed by atoms with van der Waals surface area (Å²) >= 11 is 4.77. The van der Waals surface area contributed by atoms with Gasteiger partial charge >= 0.3 is 29.6 Å². The maximum absolute atomic E-state index is 8.55. The van der Waals surface area contributed by atoms with E-state index in [1.807, 2.05) is 6.07 Å². The third-order valence-electron chi connectivity index (χ3n) is 1.19. The van der Waals surface area contributed by atoms with Gasteiger partial charge in [-0.2, -0.15) is 5.26 Å². The molecule has 0 aliphatic rings. The zero-order valence-corrected chi connectivity index (χ0v) is 9.64. The molecular formula is C6H5N4NaS. The van der Waals surface area contributed by atoms with Gasteiger partial charge in [-0.05, 0) is 6.92 Å². The average Bonchev–Trinajstić information content (AvgIpc) is 1.85. The summed E-state index contributed by atoms with van der Waals surface area (Å²) in [7, 11) is 0. The van der Waals surface area contributed by atoms with Gasteiger partial charge in [0, 0.05) is 0 Å². The molecule has 0 amide bonds. The Labute approximate surface area is 97.9 Å². The molecule has 0 radical (unpaired) electrons. The van der Waals surface area contributed by atoms with Gasteiger partial charge in [-0.3, -0.25) is 0 Å². The first-order chi connectivity index (χ1) is 5.15. The van der Waals surface area contributed by atoms with E-state index in [0.717, 1.165) is 0 Å². The summed E-state index contributed by atoms with van der Waals surface area (Å²) in [5, 5.41) is 8.77. The van der Waals surface area contributed by atoms with Crippen LogP contribution in [0.3, 0.4) is 0 Å². The Balaban J connectivity index is 0.00000121. The van der Waals surface area contributed by atoms with Gasteiger partial charge < -0.3 is 18.4 Å². The van der Waals surface area contributed by atoms with Crippen LogP contribution < -0.4 is 35.3 Å². The molecule has 1 aromatic rings. The maximum atomic E-state index is 8.55. The first-order valence-corrected chi connectivity index (χ1v) is 3.27. The second-order valence-electron chi connectivity index (χ2n) is 1.96. The molecule has 0 unspecified atom stereocenters. The SMILES string of the molecule is Cc1nc(N)nc([S-])c1C#N.[Na+]. The Hall–Kier alpha value is -0.410. The van der Waals surface area contributed by atoms with E-state index in [9.17, 15) is 0 Å². The minimum Gasteiger partial charge on any atom is -0.759 e. The van der Waals surface area contributed by atoms with Crippen molar-refractivity contribution in [1.82, 2.24) is 9.97 Å². The fraction of sp³-hybridized carbons (Fsp3) is 0.167. The summed E-state index contributed by atoms with van der Waals surface area (Å²) in [4.78, 5) is 7.45. The number of aryl methyl sites for hydroxylation is 1. The Morgan fingerprint density at radius 2 is 2.08 bits per heavy atom. The van der Waals surface area contributed by atoms with Crippen molar-refractivity contribution in [1.29, 1.82) is 5.26 Å². The minimum absolute atomic E-state index is 0.